The number of halogens is 1. The SMILES string of the molecule is Cc1ccc(C(=O)NC(=S)Nc2cccc(C(=O)NC3CCCCC3)c2)cc1Br. The monoisotopic (exact) mass is 473 g/mol. The van der Waals surface area contributed by atoms with Crippen molar-refractivity contribution in [3.8, 4) is 0 Å². The zero-order chi connectivity index (χ0) is 20.8. The summed E-state index contributed by atoms with van der Waals surface area (Å²) in [4.78, 5) is 24.9. The van der Waals surface area contributed by atoms with E-state index in [0.29, 0.717) is 16.8 Å². The van der Waals surface area contributed by atoms with Crippen LogP contribution in [0.2, 0.25) is 0 Å². The van der Waals surface area contributed by atoms with Gasteiger partial charge < -0.3 is 10.6 Å². The third-order valence-corrected chi connectivity index (χ3v) is 6.04. The van der Waals surface area contributed by atoms with Crippen LogP contribution >= 0.6 is 28.1 Å². The zero-order valence-electron chi connectivity index (χ0n) is 16.3. The van der Waals surface area contributed by atoms with Gasteiger partial charge in [-0.15, -0.1) is 0 Å². The Morgan fingerprint density at radius 2 is 1.72 bits per heavy atom. The van der Waals surface area contributed by atoms with Gasteiger partial charge >= 0.3 is 0 Å². The van der Waals surface area contributed by atoms with Gasteiger partial charge in [-0.05, 0) is 67.9 Å². The minimum absolute atomic E-state index is 0.0833. The summed E-state index contributed by atoms with van der Waals surface area (Å²) in [6.07, 6.45) is 5.65. The van der Waals surface area contributed by atoms with Crippen molar-refractivity contribution in [3.05, 3.63) is 63.6 Å². The third-order valence-electron chi connectivity index (χ3n) is 4.98. The predicted octanol–water partition coefficient (Wildman–Crippen LogP) is 4.95. The lowest BCUT2D eigenvalue weighted by Gasteiger charge is -2.22. The number of aryl methyl sites for hydroxylation is 1. The number of thiocarbonyl (C=S) groups is 1. The highest BCUT2D eigenvalue weighted by Gasteiger charge is 2.17. The summed E-state index contributed by atoms with van der Waals surface area (Å²) in [7, 11) is 0. The van der Waals surface area contributed by atoms with Gasteiger partial charge in [-0.1, -0.05) is 47.3 Å². The Labute approximate surface area is 184 Å². The lowest BCUT2D eigenvalue weighted by atomic mass is 9.95. The number of rotatable bonds is 4. The Bertz CT molecular complexity index is 926. The minimum Gasteiger partial charge on any atom is -0.349 e. The molecule has 0 heterocycles. The Kier molecular flexibility index (Phi) is 7.39. The van der Waals surface area contributed by atoms with Crippen molar-refractivity contribution < 1.29 is 9.59 Å². The van der Waals surface area contributed by atoms with E-state index < -0.39 is 0 Å². The van der Waals surface area contributed by atoms with Crippen molar-refractivity contribution in [2.75, 3.05) is 5.32 Å². The average Bonchev–Trinajstić information content (AvgIpc) is 2.71. The molecule has 3 rings (SSSR count). The predicted molar refractivity (Wildman–Crippen MR) is 123 cm³/mol. The average molecular weight is 474 g/mol. The molecule has 2 amide bonds. The Balaban J connectivity index is 1.58. The molecule has 0 spiro atoms. The highest BCUT2D eigenvalue weighted by atomic mass is 79.9. The summed E-state index contributed by atoms with van der Waals surface area (Å²) in [6.45, 7) is 1.95. The van der Waals surface area contributed by atoms with Gasteiger partial charge in [0.1, 0.15) is 0 Å². The highest BCUT2D eigenvalue weighted by molar-refractivity contribution is 9.10. The number of nitrogens with one attached hydrogen (secondary N) is 3. The van der Waals surface area contributed by atoms with E-state index in [1.807, 2.05) is 13.0 Å². The molecule has 0 aromatic heterocycles. The maximum Gasteiger partial charge on any atom is 0.257 e. The van der Waals surface area contributed by atoms with E-state index in [9.17, 15) is 9.59 Å². The normalized spacial score (nSPS) is 14.1. The molecule has 0 aliphatic heterocycles. The molecule has 7 heteroatoms. The molecule has 29 heavy (non-hydrogen) atoms. The molecule has 1 fully saturated rings. The fraction of sp³-hybridized carbons (Fsp3) is 0.318. The molecule has 0 saturated heterocycles. The standard InChI is InChI=1S/C22H24BrN3O2S/c1-14-10-11-16(13-19(14)23)21(28)26-22(29)25-18-9-5-6-15(12-18)20(27)24-17-7-3-2-4-8-17/h5-6,9-13,17H,2-4,7-8H2,1H3,(H,24,27)(H2,25,26,28,29). The first kappa shape index (κ1) is 21.5. The number of amides is 2. The van der Waals surface area contributed by atoms with Crippen LogP contribution in [0.5, 0.6) is 0 Å². The second-order valence-electron chi connectivity index (χ2n) is 7.26. The van der Waals surface area contributed by atoms with Crippen molar-refractivity contribution >= 4 is 50.8 Å². The topological polar surface area (TPSA) is 70.2 Å². The number of hydrogen-bond acceptors (Lipinski definition) is 3. The molecule has 0 bridgehead atoms. The molecular formula is C22H24BrN3O2S. The first-order valence-corrected chi connectivity index (χ1v) is 10.9. The molecule has 3 N–H and O–H groups in total. The van der Waals surface area contributed by atoms with E-state index in [1.165, 1.54) is 6.42 Å². The largest absolute Gasteiger partial charge is 0.349 e. The molecule has 2 aromatic rings. The molecule has 1 aliphatic carbocycles. The zero-order valence-corrected chi connectivity index (χ0v) is 18.7. The Morgan fingerprint density at radius 3 is 2.45 bits per heavy atom. The molecule has 0 atom stereocenters. The van der Waals surface area contributed by atoms with Crippen LogP contribution in [0.3, 0.4) is 0 Å². The van der Waals surface area contributed by atoms with Gasteiger partial charge in [0.25, 0.3) is 11.8 Å². The van der Waals surface area contributed by atoms with Crippen molar-refractivity contribution in [2.45, 2.75) is 45.1 Å². The lowest BCUT2D eigenvalue weighted by Crippen LogP contribution is -2.36. The van der Waals surface area contributed by atoms with E-state index in [-0.39, 0.29) is 23.0 Å². The molecule has 2 aromatic carbocycles. The quantitative estimate of drug-likeness (QED) is 0.549. The molecular weight excluding hydrogens is 450 g/mol. The van der Waals surface area contributed by atoms with Gasteiger partial charge in [-0.3, -0.25) is 14.9 Å². The van der Waals surface area contributed by atoms with E-state index in [0.717, 1.165) is 35.7 Å². The smallest absolute Gasteiger partial charge is 0.257 e. The van der Waals surface area contributed by atoms with Gasteiger partial charge in [0, 0.05) is 27.3 Å². The van der Waals surface area contributed by atoms with Gasteiger partial charge in [-0.25, -0.2) is 0 Å². The second kappa shape index (κ2) is 9.98. The van der Waals surface area contributed by atoms with Gasteiger partial charge in [-0.2, -0.15) is 0 Å². The summed E-state index contributed by atoms with van der Waals surface area (Å²) < 4.78 is 0.862. The first-order valence-electron chi connectivity index (χ1n) is 9.72. The van der Waals surface area contributed by atoms with Crippen LogP contribution in [0.25, 0.3) is 0 Å². The molecule has 0 unspecified atom stereocenters. The van der Waals surface area contributed by atoms with Crippen LogP contribution in [0, 0.1) is 6.92 Å². The van der Waals surface area contributed by atoms with Gasteiger partial charge in [0.15, 0.2) is 5.11 Å². The van der Waals surface area contributed by atoms with Gasteiger partial charge in [0.2, 0.25) is 0 Å². The van der Waals surface area contributed by atoms with E-state index in [4.69, 9.17) is 12.2 Å². The fourth-order valence-electron chi connectivity index (χ4n) is 3.33. The minimum atomic E-state index is -0.297. The fourth-order valence-corrected chi connectivity index (χ4v) is 3.91. The maximum absolute atomic E-state index is 12.5. The third kappa shape index (κ3) is 6.11. The van der Waals surface area contributed by atoms with Crippen LogP contribution in [-0.2, 0) is 0 Å². The van der Waals surface area contributed by atoms with E-state index >= 15 is 0 Å². The van der Waals surface area contributed by atoms with E-state index in [1.54, 1.807) is 36.4 Å². The van der Waals surface area contributed by atoms with Crippen LogP contribution in [0.1, 0.15) is 58.4 Å². The van der Waals surface area contributed by atoms with Crippen molar-refractivity contribution in [1.82, 2.24) is 10.6 Å². The number of anilines is 1. The van der Waals surface area contributed by atoms with Gasteiger partial charge in [0.05, 0.1) is 0 Å². The van der Waals surface area contributed by atoms with Crippen LogP contribution in [0.15, 0.2) is 46.9 Å². The first-order chi connectivity index (χ1) is 13.9. The molecule has 1 aliphatic rings. The van der Waals surface area contributed by atoms with Crippen LogP contribution < -0.4 is 16.0 Å². The molecule has 152 valence electrons. The highest BCUT2D eigenvalue weighted by Crippen LogP contribution is 2.19. The second-order valence-corrected chi connectivity index (χ2v) is 8.52. The van der Waals surface area contributed by atoms with Crippen molar-refractivity contribution in [1.29, 1.82) is 0 Å². The Morgan fingerprint density at radius 1 is 1.00 bits per heavy atom. The van der Waals surface area contributed by atoms with Crippen molar-refractivity contribution in [3.63, 3.8) is 0 Å². The Hall–Kier alpha value is -2.25. The number of carbonyl (C=O) groups excluding carboxylic acids is 2. The number of benzene rings is 2. The van der Waals surface area contributed by atoms with Crippen molar-refractivity contribution in [2.24, 2.45) is 0 Å². The molecule has 0 radical (unpaired) electrons. The van der Waals surface area contributed by atoms with E-state index in [2.05, 4.69) is 31.9 Å². The number of hydrogen-bond donors (Lipinski definition) is 3. The summed E-state index contributed by atoms with van der Waals surface area (Å²) in [6, 6.07) is 12.7. The van der Waals surface area contributed by atoms with Crippen LogP contribution in [-0.4, -0.2) is 23.0 Å². The lowest BCUT2D eigenvalue weighted by molar-refractivity contribution is 0.0926. The van der Waals surface area contributed by atoms with Crippen LogP contribution in [0.4, 0.5) is 5.69 Å². The number of carbonyl (C=O) groups is 2. The summed E-state index contributed by atoms with van der Waals surface area (Å²) in [5.41, 5.74) is 2.77. The maximum atomic E-state index is 12.5. The summed E-state index contributed by atoms with van der Waals surface area (Å²) in [5, 5.41) is 8.92. The molecule has 1 saturated carbocycles. The molecule has 5 nitrogen and oxygen atoms in total. The summed E-state index contributed by atoms with van der Waals surface area (Å²) >= 11 is 8.68. The summed E-state index contributed by atoms with van der Waals surface area (Å²) in [5.74, 6) is -0.380.